The molecule has 0 saturated heterocycles. The maximum atomic E-state index is 13.5. The molecule has 2 N–H and O–H groups in total. The molecule has 22 heavy (non-hydrogen) atoms. The minimum Gasteiger partial charge on any atom is -0.479 e. The van der Waals surface area contributed by atoms with Gasteiger partial charge in [0.15, 0.2) is 5.54 Å². The lowest BCUT2D eigenvalue weighted by Crippen LogP contribution is -2.56. The average Bonchev–Trinajstić information content (AvgIpc) is 2.46. The SMILES string of the molecule is COCC(C)(NC(=O)C(C)CCc1ccccc1F)C(=O)O. The molecule has 2 atom stereocenters. The van der Waals surface area contributed by atoms with Gasteiger partial charge in [0.1, 0.15) is 5.82 Å². The normalized spacial score (nSPS) is 14.9. The van der Waals surface area contributed by atoms with E-state index in [1.54, 1.807) is 25.1 Å². The first-order chi connectivity index (χ1) is 10.3. The predicted octanol–water partition coefficient (Wildman–Crippen LogP) is 2.00. The molecular weight excluding hydrogens is 289 g/mol. The van der Waals surface area contributed by atoms with Gasteiger partial charge in [-0.2, -0.15) is 0 Å². The number of nitrogens with one attached hydrogen (secondary N) is 1. The second-order valence-corrected chi connectivity index (χ2v) is 5.59. The van der Waals surface area contributed by atoms with E-state index in [1.807, 2.05) is 0 Å². The maximum Gasteiger partial charge on any atom is 0.331 e. The molecule has 0 saturated carbocycles. The summed E-state index contributed by atoms with van der Waals surface area (Å²) in [6, 6.07) is 6.40. The van der Waals surface area contributed by atoms with Crippen molar-refractivity contribution in [2.24, 2.45) is 5.92 Å². The van der Waals surface area contributed by atoms with Gasteiger partial charge in [-0.3, -0.25) is 4.79 Å². The lowest BCUT2D eigenvalue weighted by Gasteiger charge is -2.27. The van der Waals surface area contributed by atoms with Crippen LogP contribution in [0.25, 0.3) is 0 Å². The summed E-state index contributed by atoms with van der Waals surface area (Å²) in [6.45, 7) is 2.94. The molecule has 0 spiro atoms. The van der Waals surface area contributed by atoms with E-state index in [4.69, 9.17) is 4.74 Å². The van der Waals surface area contributed by atoms with Crippen molar-refractivity contribution in [3.8, 4) is 0 Å². The van der Waals surface area contributed by atoms with Crippen LogP contribution < -0.4 is 5.32 Å². The average molecular weight is 311 g/mol. The molecule has 122 valence electrons. The second kappa shape index (κ2) is 7.89. The van der Waals surface area contributed by atoms with Crippen molar-refractivity contribution in [2.75, 3.05) is 13.7 Å². The zero-order valence-corrected chi connectivity index (χ0v) is 13.1. The first-order valence-corrected chi connectivity index (χ1v) is 7.08. The molecule has 1 aromatic carbocycles. The summed E-state index contributed by atoms with van der Waals surface area (Å²) in [5.74, 6) is -2.29. The third kappa shape index (κ3) is 4.80. The van der Waals surface area contributed by atoms with E-state index in [0.29, 0.717) is 18.4 Å². The number of aliphatic carboxylic acids is 1. The van der Waals surface area contributed by atoms with Crippen LogP contribution in [-0.2, 0) is 20.7 Å². The number of carbonyl (C=O) groups excluding carboxylic acids is 1. The van der Waals surface area contributed by atoms with Crippen molar-refractivity contribution in [3.05, 3.63) is 35.6 Å². The highest BCUT2D eigenvalue weighted by Crippen LogP contribution is 2.14. The van der Waals surface area contributed by atoms with E-state index < -0.39 is 23.3 Å². The first-order valence-electron chi connectivity index (χ1n) is 7.08. The summed E-state index contributed by atoms with van der Waals surface area (Å²) in [5, 5.41) is 11.7. The van der Waals surface area contributed by atoms with E-state index in [9.17, 15) is 19.1 Å². The van der Waals surface area contributed by atoms with Crippen LogP contribution in [0.15, 0.2) is 24.3 Å². The molecule has 1 amide bonds. The summed E-state index contributed by atoms with van der Waals surface area (Å²) >= 11 is 0. The molecule has 5 nitrogen and oxygen atoms in total. The Balaban J connectivity index is 2.61. The Morgan fingerprint density at radius 3 is 2.59 bits per heavy atom. The number of amides is 1. The largest absolute Gasteiger partial charge is 0.479 e. The topological polar surface area (TPSA) is 75.6 Å². The molecule has 0 radical (unpaired) electrons. The Morgan fingerprint density at radius 1 is 1.41 bits per heavy atom. The van der Waals surface area contributed by atoms with Gasteiger partial charge in [-0.25, -0.2) is 9.18 Å². The quantitative estimate of drug-likeness (QED) is 0.770. The van der Waals surface area contributed by atoms with Crippen LogP contribution in [-0.4, -0.2) is 36.2 Å². The summed E-state index contributed by atoms with van der Waals surface area (Å²) in [5.41, 5.74) is -0.932. The fourth-order valence-corrected chi connectivity index (χ4v) is 2.04. The number of aryl methyl sites for hydroxylation is 1. The smallest absolute Gasteiger partial charge is 0.331 e. The second-order valence-electron chi connectivity index (χ2n) is 5.59. The van der Waals surface area contributed by atoms with Crippen LogP contribution in [0.4, 0.5) is 4.39 Å². The molecule has 0 heterocycles. The van der Waals surface area contributed by atoms with Crippen molar-refractivity contribution in [2.45, 2.75) is 32.2 Å². The third-order valence-electron chi connectivity index (χ3n) is 3.56. The lowest BCUT2D eigenvalue weighted by molar-refractivity contribution is -0.149. The Kier molecular flexibility index (Phi) is 6.49. The highest BCUT2D eigenvalue weighted by molar-refractivity contribution is 5.87. The standard InChI is InChI=1S/C16H22FNO4/c1-11(8-9-12-6-4-5-7-13(12)17)14(19)18-16(2,10-22-3)15(20)21/h4-7,11H,8-10H2,1-3H3,(H,18,19)(H,20,21). The summed E-state index contributed by atoms with van der Waals surface area (Å²) < 4.78 is 18.4. The van der Waals surface area contributed by atoms with Gasteiger partial charge in [-0.1, -0.05) is 25.1 Å². The number of carbonyl (C=O) groups is 2. The van der Waals surface area contributed by atoms with E-state index in [2.05, 4.69) is 5.32 Å². The number of carboxylic acid groups (broad SMARTS) is 1. The van der Waals surface area contributed by atoms with Crippen molar-refractivity contribution in [1.29, 1.82) is 0 Å². The first kappa shape index (κ1) is 18.1. The molecule has 0 aliphatic heterocycles. The van der Waals surface area contributed by atoms with Crippen LogP contribution in [0.2, 0.25) is 0 Å². The molecule has 1 rings (SSSR count). The molecule has 1 aromatic rings. The Bertz CT molecular complexity index is 535. The van der Waals surface area contributed by atoms with Crippen molar-refractivity contribution in [1.82, 2.24) is 5.32 Å². The van der Waals surface area contributed by atoms with Gasteiger partial charge in [-0.05, 0) is 31.4 Å². The fraction of sp³-hybridized carbons (Fsp3) is 0.500. The van der Waals surface area contributed by atoms with Crippen molar-refractivity contribution in [3.63, 3.8) is 0 Å². The van der Waals surface area contributed by atoms with Crippen LogP contribution in [0.3, 0.4) is 0 Å². The van der Waals surface area contributed by atoms with E-state index in [-0.39, 0.29) is 12.4 Å². The van der Waals surface area contributed by atoms with Crippen LogP contribution in [0.1, 0.15) is 25.8 Å². The number of benzene rings is 1. The lowest BCUT2D eigenvalue weighted by atomic mass is 9.97. The van der Waals surface area contributed by atoms with Crippen LogP contribution in [0, 0.1) is 11.7 Å². The van der Waals surface area contributed by atoms with Gasteiger partial charge >= 0.3 is 5.97 Å². The maximum absolute atomic E-state index is 13.5. The van der Waals surface area contributed by atoms with Gasteiger partial charge in [0, 0.05) is 13.0 Å². The minimum atomic E-state index is -1.47. The number of hydrogen-bond donors (Lipinski definition) is 2. The molecule has 0 bridgehead atoms. The van der Waals surface area contributed by atoms with Gasteiger partial charge in [0.05, 0.1) is 6.61 Å². The summed E-state index contributed by atoms with van der Waals surface area (Å²) in [4.78, 5) is 23.4. The Morgan fingerprint density at radius 2 is 2.05 bits per heavy atom. The van der Waals surface area contributed by atoms with Gasteiger partial charge < -0.3 is 15.2 Å². The zero-order valence-electron chi connectivity index (χ0n) is 13.1. The number of hydrogen-bond acceptors (Lipinski definition) is 3. The number of carboxylic acids is 1. The number of halogens is 1. The van der Waals surface area contributed by atoms with Crippen molar-refractivity contribution >= 4 is 11.9 Å². The van der Waals surface area contributed by atoms with E-state index in [0.717, 1.165) is 0 Å². The highest BCUT2D eigenvalue weighted by atomic mass is 19.1. The number of methoxy groups -OCH3 is 1. The van der Waals surface area contributed by atoms with Gasteiger partial charge in [-0.15, -0.1) is 0 Å². The summed E-state index contributed by atoms with van der Waals surface area (Å²) in [7, 11) is 1.37. The molecule has 2 unspecified atom stereocenters. The Labute approximate surface area is 129 Å². The van der Waals surface area contributed by atoms with Gasteiger partial charge in [0.2, 0.25) is 5.91 Å². The zero-order chi connectivity index (χ0) is 16.8. The minimum absolute atomic E-state index is 0.131. The monoisotopic (exact) mass is 311 g/mol. The molecule has 0 fully saturated rings. The fourth-order valence-electron chi connectivity index (χ4n) is 2.04. The Hall–Kier alpha value is -1.95. The molecule has 6 heteroatoms. The number of rotatable bonds is 8. The van der Waals surface area contributed by atoms with E-state index >= 15 is 0 Å². The third-order valence-corrected chi connectivity index (χ3v) is 3.56. The molecule has 0 aliphatic carbocycles. The van der Waals surface area contributed by atoms with Crippen LogP contribution in [0.5, 0.6) is 0 Å². The molecule has 0 aromatic heterocycles. The molecule has 0 aliphatic rings. The van der Waals surface area contributed by atoms with Crippen LogP contribution >= 0.6 is 0 Å². The molecular formula is C16H22FNO4. The van der Waals surface area contributed by atoms with Crippen molar-refractivity contribution < 1.29 is 23.8 Å². The van der Waals surface area contributed by atoms with Gasteiger partial charge in [0.25, 0.3) is 0 Å². The predicted molar refractivity (Wildman–Crippen MR) is 79.9 cm³/mol. The number of ether oxygens (including phenoxy) is 1. The van der Waals surface area contributed by atoms with E-state index in [1.165, 1.54) is 20.1 Å². The highest BCUT2D eigenvalue weighted by Gasteiger charge is 2.36. The summed E-state index contributed by atoms with van der Waals surface area (Å²) in [6.07, 6.45) is 0.838.